The van der Waals surface area contributed by atoms with Crippen LogP contribution in [0.15, 0.2) is 47.5 Å². The number of aryl methyl sites for hydroxylation is 4. The first-order chi connectivity index (χ1) is 12.4. The van der Waals surface area contributed by atoms with Gasteiger partial charge in [0.05, 0.1) is 22.5 Å². The van der Waals surface area contributed by atoms with Crippen molar-refractivity contribution in [1.82, 2.24) is 14.8 Å². The van der Waals surface area contributed by atoms with Gasteiger partial charge in [-0.2, -0.15) is 5.10 Å². The molecule has 3 aromatic rings. The van der Waals surface area contributed by atoms with Crippen molar-refractivity contribution in [3.63, 3.8) is 0 Å². The largest absolute Gasteiger partial charge is 0.278 e. The minimum atomic E-state index is -3.63. The molecule has 7 heteroatoms. The van der Waals surface area contributed by atoms with Crippen LogP contribution in [0.3, 0.4) is 0 Å². The van der Waals surface area contributed by atoms with Crippen molar-refractivity contribution in [3.8, 4) is 5.82 Å². The molecule has 1 aliphatic rings. The molecule has 0 fully saturated rings. The summed E-state index contributed by atoms with van der Waals surface area (Å²) in [5.74, 6) is 0.649. The molecule has 0 spiro atoms. The van der Waals surface area contributed by atoms with Crippen molar-refractivity contribution < 1.29 is 8.42 Å². The highest BCUT2D eigenvalue weighted by Gasteiger charge is 2.18. The molecular formula is C19H20N4O2S. The van der Waals surface area contributed by atoms with E-state index in [1.807, 2.05) is 26.0 Å². The molecule has 2 aromatic heterocycles. The molecule has 0 atom stereocenters. The molecule has 134 valence electrons. The molecule has 0 saturated carbocycles. The second-order valence-electron chi connectivity index (χ2n) is 6.63. The van der Waals surface area contributed by atoms with E-state index in [2.05, 4.69) is 14.8 Å². The Balaban J connectivity index is 1.57. The Bertz CT molecular complexity index is 1070. The second kappa shape index (κ2) is 6.25. The third kappa shape index (κ3) is 3.10. The molecule has 1 aliphatic carbocycles. The fourth-order valence-corrected chi connectivity index (χ4v) is 4.46. The molecule has 1 N–H and O–H groups in total. The van der Waals surface area contributed by atoms with Gasteiger partial charge < -0.3 is 0 Å². The van der Waals surface area contributed by atoms with Crippen molar-refractivity contribution >= 4 is 15.7 Å². The summed E-state index contributed by atoms with van der Waals surface area (Å²) in [7, 11) is -3.63. The van der Waals surface area contributed by atoms with E-state index >= 15 is 0 Å². The molecule has 0 aliphatic heterocycles. The quantitative estimate of drug-likeness (QED) is 0.767. The van der Waals surface area contributed by atoms with Crippen LogP contribution >= 0.6 is 0 Å². The van der Waals surface area contributed by atoms with Gasteiger partial charge >= 0.3 is 0 Å². The number of nitrogens with zero attached hydrogens (tertiary/aromatic N) is 3. The lowest BCUT2D eigenvalue weighted by molar-refractivity contribution is 0.601. The van der Waals surface area contributed by atoms with E-state index in [0.717, 1.165) is 36.2 Å². The monoisotopic (exact) mass is 368 g/mol. The third-order valence-electron chi connectivity index (χ3n) is 4.61. The average Bonchev–Trinajstić information content (AvgIpc) is 3.20. The minimum Gasteiger partial charge on any atom is -0.278 e. The lowest BCUT2D eigenvalue weighted by Gasteiger charge is -2.10. The molecule has 4 rings (SSSR count). The summed E-state index contributed by atoms with van der Waals surface area (Å²) in [6.45, 7) is 3.87. The predicted molar refractivity (Wildman–Crippen MR) is 100 cm³/mol. The van der Waals surface area contributed by atoms with Gasteiger partial charge in [-0.1, -0.05) is 6.07 Å². The van der Waals surface area contributed by atoms with Crippen molar-refractivity contribution in [2.45, 2.75) is 38.0 Å². The Morgan fingerprint density at radius 1 is 1.04 bits per heavy atom. The fraction of sp³-hybridized carbons (Fsp3) is 0.263. The molecule has 0 unspecified atom stereocenters. The Kier molecular flexibility index (Phi) is 4.03. The molecule has 1 aromatic carbocycles. The maximum Gasteiger partial charge on any atom is 0.261 e. The first-order valence-electron chi connectivity index (χ1n) is 8.57. The number of pyridine rings is 1. The lowest BCUT2D eigenvalue weighted by atomic mass is 10.1. The van der Waals surface area contributed by atoms with Crippen molar-refractivity contribution in [1.29, 1.82) is 0 Å². The van der Waals surface area contributed by atoms with Crippen molar-refractivity contribution in [3.05, 3.63) is 65.1 Å². The maximum atomic E-state index is 12.7. The Labute approximate surface area is 153 Å². The molecule has 0 amide bonds. The Morgan fingerprint density at radius 3 is 2.54 bits per heavy atom. The normalized spacial score (nSPS) is 13.6. The highest BCUT2D eigenvalue weighted by atomic mass is 32.2. The molecule has 0 radical (unpaired) electrons. The summed E-state index contributed by atoms with van der Waals surface area (Å²) in [5.41, 5.74) is 4.69. The Hall–Kier alpha value is -2.67. The molecule has 0 saturated heterocycles. The lowest BCUT2D eigenvalue weighted by Crippen LogP contribution is -2.14. The van der Waals surface area contributed by atoms with Crippen LogP contribution < -0.4 is 4.72 Å². The van der Waals surface area contributed by atoms with E-state index in [0.29, 0.717) is 16.4 Å². The van der Waals surface area contributed by atoms with E-state index in [4.69, 9.17) is 0 Å². The van der Waals surface area contributed by atoms with Gasteiger partial charge in [0.1, 0.15) is 0 Å². The van der Waals surface area contributed by atoms with E-state index in [-0.39, 0.29) is 0 Å². The predicted octanol–water partition coefficient (Wildman–Crippen LogP) is 3.17. The van der Waals surface area contributed by atoms with Gasteiger partial charge in [-0.05, 0) is 74.6 Å². The molecule has 2 heterocycles. The third-order valence-corrected chi connectivity index (χ3v) is 5.99. The number of sulfonamides is 1. The van der Waals surface area contributed by atoms with Gasteiger partial charge in [0.15, 0.2) is 5.82 Å². The SMILES string of the molecule is Cc1cc(C)n(-c2ccc(NS(=O)(=O)c3ccc4c(c3)CCC4)cn2)n1. The van der Waals surface area contributed by atoms with Gasteiger partial charge in [0, 0.05) is 5.69 Å². The maximum absolute atomic E-state index is 12.7. The zero-order valence-electron chi connectivity index (χ0n) is 14.7. The molecule has 0 bridgehead atoms. The molecule has 26 heavy (non-hydrogen) atoms. The van der Waals surface area contributed by atoms with Gasteiger partial charge in [0.2, 0.25) is 0 Å². The summed E-state index contributed by atoms with van der Waals surface area (Å²) >= 11 is 0. The highest BCUT2D eigenvalue weighted by molar-refractivity contribution is 7.92. The summed E-state index contributed by atoms with van der Waals surface area (Å²) in [6, 6.07) is 10.8. The van der Waals surface area contributed by atoms with E-state index < -0.39 is 10.0 Å². The number of hydrogen-bond donors (Lipinski definition) is 1. The zero-order chi connectivity index (χ0) is 18.3. The van der Waals surface area contributed by atoms with Crippen LogP contribution in [-0.2, 0) is 22.9 Å². The van der Waals surface area contributed by atoms with E-state index in [1.54, 1.807) is 28.9 Å². The van der Waals surface area contributed by atoms with Crippen LogP contribution in [0.5, 0.6) is 0 Å². The summed E-state index contributed by atoms with van der Waals surface area (Å²) < 4.78 is 29.6. The summed E-state index contributed by atoms with van der Waals surface area (Å²) in [5, 5.41) is 4.38. The van der Waals surface area contributed by atoms with E-state index in [9.17, 15) is 8.42 Å². The zero-order valence-corrected chi connectivity index (χ0v) is 15.5. The highest BCUT2D eigenvalue weighted by Crippen LogP contribution is 2.26. The number of hydrogen-bond acceptors (Lipinski definition) is 4. The van der Waals surface area contributed by atoms with Crippen LogP contribution in [0.1, 0.15) is 28.9 Å². The van der Waals surface area contributed by atoms with Crippen LogP contribution in [0.4, 0.5) is 5.69 Å². The number of rotatable bonds is 4. The summed E-state index contributed by atoms with van der Waals surface area (Å²) in [6.07, 6.45) is 4.57. The smallest absolute Gasteiger partial charge is 0.261 e. The number of anilines is 1. The minimum absolute atomic E-state index is 0.292. The number of nitrogens with one attached hydrogen (secondary N) is 1. The number of benzene rings is 1. The van der Waals surface area contributed by atoms with Gasteiger partial charge in [-0.3, -0.25) is 4.72 Å². The fourth-order valence-electron chi connectivity index (χ4n) is 3.36. The van der Waals surface area contributed by atoms with Gasteiger partial charge in [-0.15, -0.1) is 0 Å². The standard InChI is InChI=1S/C19H20N4O2S/c1-13-10-14(2)23(21-13)19-9-7-17(12-20-19)22-26(24,25)18-8-6-15-4-3-5-16(15)11-18/h6-12,22H,3-5H2,1-2H3. The van der Waals surface area contributed by atoms with Crippen LogP contribution in [0.2, 0.25) is 0 Å². The first-order valence-corrected chi connectivity index (χ1v) is 10.0. The van der Waals surface area contributed by atoms with Crippen LogP contribution in [0, 0.1) is 13.8 Å². The number of fused-ring (bicyclic) bond motifs is 1. The molecular weight excluding hydrogens is 348 g/mol. The first kappa shape index (κ1) is 16.8. The van der Waals surface area contributed by atoms with Crippen LogP contribution in [-0.4, -0.2) is 23.2 Å². The Morgan fingerprint density at radius 2 is 1.85 bits per heavy atom. The number of aromatic nitrogens is 3. The topological polar surface area (TPSA) is 76.9 Å². The van der Waals surface area contributed by atoms with Crippen molar-refractivity contribution in [2.75, 3.05) is 4.72 Å². The van der Waals surface area contributed by atoms with Crippen molar-refractivity contribution in [2.24, 2.45) is 0 Å². The van der Waals surface area contributed by atoms with Crippen LogP contribution in [0.25, 0.3) is 5.82 Å². The second-order valence-corrected chi connectivity index (χ2v) is 8.32. The summed E-state index contributed by atoms with van der Waals surface area (Å²) in [4.78, 5) is 4.62. The van der Waals surface area contributed by atoms with Gasteiger partial charge in [-0.25, -0.2) is 18.1 Å². The molecule has 6 nitrogen and oxygen atoms in total. The van der Waals surface area contributed by atoms with E-state index in [1.165, 1.54) is 11.8 Å². The average molecular weight is 368 g/mol. The van der Waals surface area contributed by atoms with Gasteiger partial charge in [0.25, 0.3) is 10.0 Å².